The van der Waals surface area contributed by atoms with Crippen LogP contribution in [0.15, 0.2) is 0 Å². The number of carboxylic acids is 1. The van der Waals surface area contributed by atoms with E-state index < -0.39 is 22.8 Å². The van der Waals surface area contributed by atoms with Gasteiger partial charge in [0.25, 0.3) is 0 Å². The van der Waals surface area contributed by atoms with Crippen LogP contribution in [0.2, 0.25) is 0 Å². The van der Waals surface area contributed by atoms with Crippen LogP contribution in [-0.4, -0.2) is 34.2 Å². The van der Waals surface area contributed by atoms with Crippen LogP contribution < -0.4 is 5.32 Å². The van der Waals surface area contributed by atoms with Gasteiger partial charge in [0.1, 0.15) is 6.10 Å². The maximum absolute atomic E-state index is 12.9. The quantitative estimate of drug-likeness (QED) is 0.704. The summed E-state index contributed by atoms with van der Waals surface area (Å²) in [6.45, 7) is 17.2. The largest absolute Gasteiger partial charge is 0.481 e. The summed E-state index contributed by atoms with van der Waals surface area (Å²) < 4.78 is 5.96. The average molecular weight is 356 g/mol. The van der Waals surface area contributed by atoms with Crippen LogP contribution in [0.25, 0.3) is 0 Å². The van der Waals surface area contributed by atoms with E-state index in [0.29, 0.717) is 0 Å². The number of carboxylic acid groups (broad SMARTS) is 1. The summed E-state index contributed by atoms with van der Waals surface area (Å²) in [6.07, 6.45) is 2.37. The highest BCUT2D eigenvalue weighted by Crippen LogP contribution is 2.43. The Balaban J connectivity index is 3.11. The number of esters is 1. The van der Waals surface area contributed by atoms with Crippen molar-refractivity contribution in [1.82, 2.24) is 5.32 Å². The maximum Gasteiger partial charge on any atom is 0.312 e. The molecule has 2 N–H and O–H groups in total. The normalized spacial score (nSPS) is 33.8. The number of hydrogen-bond donors (Lipinski definition) is 2. The lowest BCUT2D eigenvalue weighted by Crippen LogP contribution is -2.66. The molecule has 5 nitrogen and oxygen atoms in total. The van der Waals surface area contributed by atoms with Crippen LogP contribution in [0.4, 0.5) is 0 Å². The van der Waals surface area contributed by atoms with Gasteiger partial charge in [0, 0.05) is 23.4 Å². The Morgan fingerprint density at radius 3 is 2.04 bits per heavy atom. The van der Waals surface area contributed by atoms with Crippen molar-refractivity contribution >= 4 is 11.9 Å². The van der Waals surface area contributed by atoms with E-state index in [9.17, 15) is 14.7 Å². The molecule has 1 fully saturated rings. The third-order valence-corrected chi connectivity index (χ3v) is 7.18. The first-order valence-corrected chi connectivity index (χ1v) is 9.40. The van der Waals surface area contributed by atoms with E-state index in [1.807, 2.05) is 0 Å². The van der Waals surface area contributed by atoms with Crippen LogP contribution in [0.5, 0.6) is 0 Å². The third kappa shape index (κ3) is 3.86. The first-order valence-electron chi connectivity index (χ1n) is 9.40. The van der Waals surface area contributed by atoms with Gasteiger partial charge in [-0.1, -0.05) is 20.8 Å². The van der Waals surface area contributed by atoms with E-state index in [4.69, 9.17) is 4.74 Å². The van der Waals surface area contributed by atoms with Gasteiger partial charge in [0.05, 0.1) is 10.8 Å². The molecule has 0 saturated carbocycles. The van der Waals surface area contributed by atoms with Crippen molar-refractivity contribution in [2.45, 2.75) is 98.8 Å². The second-order valence-electron chi connectivity index (χ2n) is 9.30. The highest BCUT2D eigenvalue weighted by molar-refractivity contribution is 5.86. The predicted molar refractivity (Wildman–Crippen MR) is 99.4 cm³/mol. The van der Waals surface area contributed by atoms with Gasteiger partial charge >= 0.3 is 11.9 Å². The molecule has 1 rings (SSSR count). The Morgan fingerprint density at radius 1 is 1.12 bits per heavy atom. The first kappa shape index (κ1) is 21.9. The van der Waals surface area contributed by atoms with Gasteiger partial charge in [-0.15, -0.1) is 0 Å². The second kappa shape index (κ2) is 6.90. The van der Waals surface area contributed by atoms with Gasteiger partial charge in [-0.25, -0.2) is 0 Å². The molecule has 146 valence electrons. The minimum Gasteiger partial charge on any atom is -0.481 e. The van der Waals surface area contributed by atoms with Crippen molar-refractivity contribution in [3.05, 3.63) is 0 Å². The predicted octanol–water partition coefficient (Wildman–Crippen LogP) is 4.00. The van der Waals surface area contributed by atoms with Crippen molar-refractivity contribution < 1.29 is 19.4 Å². The monoisotopic (exact) mass is 355 g/mol. The molecule has 0 amide bonds. The lowest BCUT2D eigenvalue weighted by atomic mass is 9.67. The molecule has 5 heteroatoms. The molecule has 0 radical (unpaired) electrons. The summed E-state index contributed by atoms with van der Waals surface area (Å²) in [5.41, 5.74) is -2.55. The Kier molecular flexibility index (Phi) is 6.05. The molecule has 0 aromatic heterocycles. The number of nitrogens with one attached hydrogen (secondary N) is 1. The molecular weight excluding hydrogens is 318 g/mol. The van der Waals surface area contributed by atoms with Gasteiger partial charge in [0.15, 0.2) is 0 Å². The number of hydrogen-bond acceptors (Lipinski definition) is 4. The Morgan fingerprint density at radius 2 is 1.64 bits per heavy atom. The Labute approximate surface area is 152 Å². The molecule has 1 saturated heterocycles. The van der Waals surface area contributed by atoms with Gasteiger partial charge in [-0.05, 0) is 54.4 Å². The topological polar surface area (TPSA) is 75.6 Å². The van der Waals surface area contributed by atoms with Crippen LogP contribution in [-0.2, 0) is 14.3 Å². The van der Waals surface area contributed by atoms with E-state index in [2.05, 4.69) is 39.9 Å². The molecule has 0 spiro atoms. The molecule has 25 heavy (non-hydrogen) atoms. The van der Waals surface area contributed by atoms with Gasteiger partial charge in [-0.2, -0.15) is 0 Å². The van der Waals surface area contributed by atoms with Gasteiger partial charge < -0.3 is 15.2 Å². The molecule has 0 bridgehead atoms. The summed E-state index contributed by atoms with van der Waals surface area (Å²) >= 11 is 0. The number of rotatable bonds is 6. The van der Waals surface area contributed by atoms with Crippen molar-refractivity contribution in [1.29, 1.82) is 0 Å². The van der Waals surface area contributed by atoms with Crippen molar-refractivity contribution in [2.24, 2.45) is 16.7 Å². The lowest BCUT2D eigenvalue weighted by Gasteiger charge is -2.53. The summed E-state index contributed by atoms with van der Waals surface area (Å²) in [5.74, 6) is -1.29. The van der Waals surface area contributed by atoms with Gasteiger partial charge in [0.2, 0.25) is 0 Å². The zero-order valence-electron chi connectivity index (χ0n) is 17.4. The summed E-state index contributed by atoms with van der Waals surface area (Å²) in [5, 5.41) is 13.3. The van der Waals surface area contributed by atoms with Crippen molar-refractivity contribution in [3.8, 4) is 0 Å². The van der Waals surface area contributed by atoms with Crippen LogP contribution in [0.1, 0.15) is 81.6 Å². The number of piperidine rings is 1. The van der Waals surface area contributed by atoms with E-state index in [1.165, 1.54) is 0 Å². The highest BCUT2D eigenvalue weighted by atomic mass is 16.5. The maximum atomic E-state index is 12.9. The smallest absolute Gasteiger partial charge is 0.312 e. The molecule has 1 aliphatic rings. The van der Waals surface area contributed by atoms with E-state index in [1.54, 1.807) is 27.7 Å². The molecule has 0 aromatic carbocycles. The summed E-state index contributed by atoms with van der Waals surface area (Å²) in [7, 11) is 0. The molecule has 4 atom stereocenters. The molecule has 0 aliphatic carbocycles. The molecular formula is C20H37NO4. The summed E-state index contributed by atoms with van der Waals surface area (Å²) in [4.78, 5) is 24.5. The Bertz CT molecular complexity index is 528. The van der Waals surface area contributed by atoms with Crippen LogP contribution >= 0.6 is 0 Å². The van der Waals surface area contributed by atoms with Crippen molar-refractivity contribution in [3.63, 3.8) is 0 Å². The zero-order chi connectivity index (χ0) is 19.8. The fourth-order valence-corrected chi connectivity index (χ4v) is 3.48. The van der Waals surface area contributed by atoms with Crippen molar-refractivity contribution in [2.75, 3.05) is 0 Å². The third-order valence-electron chi connectivity index (χ3n) is 7.18. The molecule has 1 heterocycles. The van der Waals surface area contributed by atoms with Crippen LogP contribution in [0.3, 0.4) is 0 Å². The Hall–Kier alpha value is -1.10. The zero-order valence-corrected chi connectivity index (χ0v) is 17.4. The first-order chi connectivity index (χ1) is 11.2. The molecule has 1 aliphatic heterocycles. The second-order valence-corrected chi connectivity index (χ2v) is 9.30. The number of ether oxygens (including phenoxy) is 1. The standard InChI is InChI=1S/C20H37NO4/c1-10-19(8)12-14(13(3)20(9,11-2)21-19)25-16(24)18(6,7)17(4,5)15(22)23/h13-14,21H,10-12H2,1-9H3,(H,22,23). The van der Waals surface area contributed by atoms with E-state index in [0.717, 1.165) is 19.3 Å². The highest BCUT2D eigenvalue weighted by Gasteiger charge is 2.53. The fraction of sp³-hybridized carbons (Fsp3) is 0.900. The molecule has 4 unspecified atom stereocenters. The van der Waals surface area contributed by atoms with E-state index >= 15 is 0 Å². The van der Waals surface area contributed by atoms with E-state index in [-0.39, 0.29) is 23.1 Å². The number of carbonyl (C=O) groups excluding carboxylic acids is 1. The fourth-order valence-electron chi connectivity index (χ4n) is 3.48. The minimum absolute atomic E-state index is 0.103. The van der Waals surface area contributed by atoms with Gasteiger partial charge in [-0.3, -0.25) is 9.59 Å². The minimum atomic E-state index is -1.21. The SMILES string of the molecule is CCC1(C)CC(OC(=O)C(C)(C)C(C)(C)C(=O)O)C(C)C(C)(CC)N1. The number of carbonyl (C=O) groups is 2. The number of aliphatic carboxylic acids is 1. The molecule has 0 aromatic rings. The summed E-state index contributed by atoms with van der Waals surface area (Å²) in [6, 6.07) is 0. The average Bonchev–Trinajstić information content (AvgIpc) is 2.51. The lowest BCUT2D eigenvalue weighted by molar-refractivity contribution is -0.182. The van der Waals surface area contributed by atoms with Crippen LogP contribution in [0, 0.1) is 16.7 Å².